The van der Waals surface area contributed by atoms with Crippen LogP contribution in [0.1, 0.15) is 15.9 Å². The van der Waals surface area contributed by atoms with Crippen LogP contribution >= 0.6 is 12.4 Å². The van der Waals surface area contributed by atoms with Gasteiger partial charge in [-0.2, -0.15) is 4.39 Å². The average molecular weight is 344 g/mol. The number of rotatable bonds is 3. The van der Waals surface area contributed by atoms with Crippen LogP contribution in [0.4, 0.5) is 4.39 Å². The second-order valence-corrected chi connectivity index (χ2v) is 5.25. The Morgan fingerprint density at radius 1 is 0.917 bits per heavy atom. The number of aromatic carboxylic acids is 1. The summed E-state index contributed by atoms with van der Waals surface area (Å²) in [4.78, 5) is 14.6. The molecule has 3 aromatic rings. The van der Waals surface area contributed by atoms with E-state index in [0.717, 1.165) is 22.3 Å². The molecular weight excluding hydrogens is 329 g/mol. The van der Waals surface area contributed by atoms with E-state index in [1.807, 2.05) is 31.2 Å². The number of aromatic nitrogens is 1. The smallest absolute Gasteiger partial charge is 0.335 e. The lowest BCUT2D eigenvalue weighted by Crippen LogP contribution is -1.95. The van der Waals surface area contributed by atoms with Crippen LogP contribution in [0.2, 0.25) is 0 Å². The second-order valence-electron chi connectivity index (χ2n) is 5.25. The van der Waals surface area contributed by atoms with E-state index in [1.54, 1.807) is 30.3 Å². The molecule has 5 heteroatoms. The van der Waals surface area contributed by atoms with E-state index in [9.17, 15) is 9.18 Å². The highest BCUT2D eigenvalue weighted by Gasteiger charge is 2.09. The first-order valence-electron chi connectivity index (χ1n) is 7.11. The molecular formula is C19H15ClFNO2. The molecule has 24 heavy (non-hydrogen) atoms. The number of aryl methyl sites for hydroxylation is 1. The summed E-state index contributed by atoms with van der Waals surface area (Å²) in [7, 11) is 0. The molecule has 1 heterocycles. The van der Waals surface area contributed by atoms with Gasteiger partial charge in [-0.05, 0) is 47.4 Å². The fourth-order valence-corrected chi connectivity index (χ4v) is 2.51. The highest BCUT2D eigenvalue weighted by atomic mass is 35.5. The van der Waals surface area contributed by atoms with Crippen LogP contribution in [0.5, 0.6) is 0 Å². The molecule has 1 aromatic heterocycles. The van der Waals surface area contributed by atoms with Crippen molar-refractivity contribution < 1.29 is 14.3 Å². The maximum absolute atomic E-state index is 13.9. The van der Waals surface area contributed by atoms with Gasteiger partial charge in [0.05, 0.1) is 5.56 Å². The van der Waals surface area contributed by atoms with E-state index in [2.05, 4.69) is 4.98 Å². The number of hydrogen-bond donors (Lipinski definition) is 1. The predicted molar refractivity (Wildman–Crippen MR) is 94.0 cm³/mol. The Kier molecular flexibility index (Phi) is 5.31. The van der Waals surface area contributed by atoms with Gasteiger partial charge in [0, 0.05) is 11.8 Å². The van der Waals surface area contributed by atoms with Crippen LogP contribution in [-0.2, 0) is 0 Å². The average Bonchev–Trinajstić information content (AvgIpc) is 2.55. The summed E-state index contributed by atoms with van der Waals surface area (Å²) in [6, 6.07) is 15.9. The molecule has 1 N–H and O–H groups in total. The molecule has 0 aliphatic heterocycles. The largest absolute Gasteiger partial charge is 0.478 e. The van der Waals surface area contributed by atoms with Gasteiger partial charge in [-0.1, -0.05) is 36.4 Å². The van der Waals surface area contributed by atoms with Gasteiger partial charge in [-0.25, -0.2) is 9.78 Å². The number of carboxylic acid groups (broad SMARTS) is 1. The summed E-state index contributed by atoms with van der Waals surface area (Å²) in [6.45, 7) is 1.85. The molecule has 0 fully saturated rings. The van der Waals surface area contributed by atoms with Crippen molar-refractivity contribution in [1.29, 1.82) is 0 Å². The first kappa shape index (κ1) is 17.6. The van der Waals surface area contributed by atoms with Gasteiger partial charge in [0.15, 0.2) is 0 Å². The van der Waals surface area contributed by atoms with Gasteiger partial charge < -0.3 is 5.11 Å². The van der Waals surface area contributed by atoms with Gasteiger partial charge in [0.25, 0.3) is 0 Å². The van der Waals surface area contributed by atoms with Crippen molar-refractivity contribution in [2.24, 2.45) is 0 Å². The maximum Gasteiger partial charge on any atom is 0.335 e. The number of carbonyl (C=O) groups is 1. The highest BCUT2D eigenvalue weighted by molar-refractivity contribution is 5.88. The summed E-state index contributed by atoms with van der Waals surface area (Å²) in [5, 5.41) is 8.92. The third kappa shape index (κ3) is 3.44. The molecule has 0 atom stereocenters. The molecule has 3 rings (SSSR count). The lowest BCUT2D eigenvalue weighted by molar-refractivity contribution is 0.0697. The molecule has 0 unspecified atom stereocenters. The van der Waals surface area contributed by atoms with Crippen LogP contribution in [0.15, 0.2) is 60.8 Å². The molecule has 0 amide bonds. The number of hydrogen-bond acceptors (Lipinski definition) is 2. The second kappa shape index (κ2) is 7.23. The van der Waals surface area contributed by atoms with E-state index >= 15 is 0 Å². The zero-order valence-corrected chi connectivity index (χ0v) is 13.7. The lowest BCUT2D eigenvalue weighted by atomic mass is 9.98. The molecule has 0 spiro atoms. The number of pyridine rings is 1. The van der Waals surface area contributed by atoms with Gasteiger partial charge in [-0.3, -0.25) is 0 Å². The highest BCUT2D eigenvalue weighted by Crippen LogP contribution is 2.28. The van der Waals surface area contributed by atoms with Crippen molar-refractivity contribution in [3.63, 3.8) is 0 Å². The SMILES string of the molecule is Cc1ccnc(F)c1-c1ccc(-c2ccc(C(=O)O)cc2)cc1.Cl. The van der Waals surface area contributed by atoms with Crippen LogP contribution in [0.3, 0.4) is 0 Å². The minimum absolute atomic E-state index is 0. The summed E-state index contributed by atoms with van der Waals surface area (Å²) in [6.07, 6.45) is 1.45. The van der Waals surface area contributed by atoms with Crippen molar-refractivity contribution >= 4 is 18.4 Å². The van der Waals surface area contributed by atoms with Crippen LogP contribution in [-0.4, -0.2) is 16.1 Å². The van der Waals surface area contributed by atoms with Gasteiger partial charge in [-0.15, -0.1) is 12.4 Å². The standard InChI is InChI=1S/C19H14FNO2.ClH/c1-12-10-11-21-18(20)17(12)15-6-2-13(3-7-15)14-4-8-16(9-5-14)19(22)23;/h2-11H,1H3,(H,22,23);1H. The van der Waals surface area contributed by atoms with E-state index < -0.39 is 11.9 Å². The van der Waals surface area contributed by atoms with E-state index in [4.69, 9.17) is 5.11 Å². The number of nitrogens with zero attached hydrogens (tertiary/aromatic N) is 1. The van der Waals surface area contributed by atoms with Gasteiger partial charge >= 0.3 is 5.97 Å². The third-order valence-electron chi connectivity index (χ3n) is 3.75. The summed E-state index contributed by atoms with van der Waals surface area (Å²) in [5.74, 6) is -1.43. The minimum Gasteiger partial charge on any atom is -0.478 e. The molecule has 0 aliphatic carbocycles. The summed E-state index contributed by atoms with van der Waals surface area (Å²) in [5.41, 5.74) is 4.19. The van der Waals surface area contributed by atoms with Gasteiger partial charge in [0.2, 0.25) is 5.95 Å². The number of benzene rings is 2. The van der Waals surface area contributed by atoms with Gasteiger partial charge in [0.1, 0.15) is 0 Å². The number of halogens is 2. The minimum atomic E-state index is -0.950. The Labute approximate surface area is 145 Å². The Balaban J connectivity index is 0.00000208. The van der Waals surface area contributed by atoms with E-state index in [-0.39, 0.29) is 18.0 Å². The normalized spacial score (nSPS) is 10.1. The third-order valence-corrected chi connectivity index (χ3v) is 3.75. The topological polar surface area (TPSA) is 50.2 Å². The summed E-state index contributed by atoms with van der Waals surface area (Å²) < 4.78 is 13.9. The van der Waals surface area contributed by atoms with Crippen molar-refractivity contribution in [3.05, 3.63) is 77.9 Å². The zero-order chi connectivity index (χ0) is 16.4. The zero-order valence-electron chi connectivity index (χ0n) is 12.9. The Morgan fingerprint density at radius 3 is 1.92 bits per heavy atom. The van der Waals surface area contributed by atoms with Crippen molar-refractivity contribution in [1.82, 2.24) is 4.98 Å². The molecule has 0 saturated carbocycles. The first-order valence-corrected chi connectivity index (χ1v) is 7.11. The Bertz CT molecular complexity index is 841. The first-order chi connectivity index (χ1) is 11.1. The Hall–Kier alpha value is -2.72. The molecule has 3 nitrogen and oxygen atoms in total. The monoisotopic (exact) mass is 343 g/mol. The fourth-order valence-electron chi connectivity index (χ4n) is 2.51. The quantitative estimate of drug-likeness (QED) is 0.682. The molecule has 0 saturated heterocycles. The van der Waals surface area contributed by atoms with Crippen molar-refractivity contribution in [2.75, 3.05) is 0 Å². The van der Waals surface area contributed by atoms with Crippen LogP contribution < -0.4 is 0 Å². The molecule has 0 aliphatic rings. The number of carboxylic acids is 1. The van der Waals surface area contributed by atoms with Crippen molar-refractivity contribution in [2.45, 2.75) is 6.92 Å². The molecule has 0 bridgehead atoms. The van der Waals surface area contributed by atoms with Crippen molar-refractivity contribution in [3.8, 4) is 22.3 Å². The van der Waals surface area contributed by atoms with E-state index in [0.29, 0.717) is 5.56 Å². The van der Waals surface area contributed by atoms with E-state index in [1.165, 1.54) is 6.20 Å². The molecule has 122 valence electrons. The molecule has 2 aromatic carbocycles. The predicted octanol–water partition coefficient (Wildman–Crippen LogP) is 4.98. The maximum atomic E-state index is 13.9. The summed E-state index contributed by atoms with van der Waals surface area (Å²) >= 11 is 0. The lowest BCUT2D eigenvalue weighted by Gasteiger charge is -2.08. The molecule has 0 radical (unpaired) electrons. The van der Waals surface area contributed by atoms with Crippen LogP contribution in [0, 0.1) is 12.9 Å². The fraction of sp³-hybridized carbons (Fsp3) is 0.0526. The Morgan fingerprint density at radius 2 is 1.42 bits per heavy atom. The van der Waals surface area contributed by atoms with Crippen LogP contribution in [0.25, 0.3) is 22.3 Å².